The van der Waals surface area contributed by atoms with Gasteiger partial charge in [0.1, 0.15) is 5.75 Å². The summed E-state index contributed by atoms with van der Waals surface area (Å²) in [4.78, 5) is 21.8. The molecule has 80 valence electrons. The average molecular weight is 236 g/mol. The van der Waals surface area contributed by atoms with E-state index in [1.165, 1.54) is 6.92 Å². The molecule has 0 spiro atoms. The van der Waals surface area contributed by atoms with Crippen LogP contribution in [0.2, 0.25) is 0 Å². The summed E-state index contributed by atoms with van der Waals surface area (Å²) in [6, 6.07) is 0. The summed E-state index contributed by atoms with van der Waals surface area (Å²) in [5.41, 5.74) is 2.66. The molecule has 1 unspecified atom stereocenters. The number of carbonyl (C=O) groups excluding carboxylic acids is 2. The normalized spacial score (nSPS) is 21.4. The number of hydrazine groups is 1. The molecule has 7 heteroatoms. The summed E-state index contributed by atoms with van der Waals surface area (Å²) in [6.07, 6.45) is 0.864. The van der Waals surface area contributed by atoms with Gasteiger partial charge in [-0.25, -0.2) is 0 Å². The Kier molecular flexibility index (Phi) is 4.43. The van der Waals surface area contributed by atoms with E-state index in [1.54, 1.807) is 4.41 Å². The minimum Gasteiger partial charge on any atom is -0.394 e. The van der Waals surface area contributed by atoms with Crippen LogP contribution in [0.1, 0.15) is 13.3 Å². The van der Waals surface area contributed by atoms with Crippen LogP contribution in [0.15, 0.2) is 0 Å². The fourth-order valence-corrected chi connectivity index (χ4v) is 2.96. The number of hydrogen-bond acceptors (Lipinski definition) is 5. The van der Waals surface area contributed by atoms with Crippen molar-refractivity contribution in [2.24, 2.45) is 0 Å². The molecule has 1 heterocycles. The van der Waals surface area contributed by atoms with Crippen LogP contribution in [0, 0.1) is 0 Å². The van der Waals surface area contributed by atoms with Gasteiger partial charge >= 0.3 is 5.97 Å². The van der Waals surface area contributed by atoms with Gasteiger partial charge in [-0.2, -0.15) is 4.41 Å². The van der Waals surface area contributed by atoms with Gasteiger partial charge in [-0.15, -0.1) is 0 Å². The molecule has 0 radical (unpaired) electrons. The number of nitrogens with zero attached hydrogens (tertiary/aromatic N) is 1. The van der Waals surface area contributed by atoms with Gasteiger partial charge in [-0.3, -0.25) is 15.0 Å². The highest BCUT2D eigenvalue weighted by atomic mass is 32.2. The SMILES string of the molecule is CC(=O)NN1CCC=S1CC(=O)OS. The molecule has 1 atom stereocenters. The second-order valence-electron chi connectivity index (χ2n) is 2.73. The first-order valence-electron chi connectivity index (χ1n) is 4.05. The molecule has 1 amide bonds. The van der Waals surface area contributed by atoms with Crippen molar-refractivity contribution in [3.8, 4) is 0 Å². The molecule has 0 bridgehead atoms. The van der Waals surface area contributed by atoms with Gasteiger partial charge in [-0.05, 0) is 11.8 Å². The van der Waals surface area contributed by atoms with Crippen molar-refractivity contribution >= 4 is 40.8 Å². The van der Waals surface area contributed by atoms with Crippen molar-refractivity contribution in [3.63, 3.8) is 0 Å². The van der Waals surface area contributed by atoms with Crippen molar-refractivity contribution in [2.45, 2.75) is 13.3 Å². The Labute approximate surface area is 90.4 Å². The van der Waals surface area contributed by atoms with Crippen molar-refractivity contribution in [1.29, 1.82) is 0 Å². The lowest BCUT2D eigenvalue weighted by atomic mass is 10.5. The molecule has 0 aromatic rings. The Morgan fingerprint density at radius 3 is 3.00 bits per heavy atom. The lowest BCUT2D eigenvalue weighted by Gasteiger charge is -2.19. The second kappa shape index (κ2) is 5.38. The fourth-order valence-electron chi connectivity index (χ4n) is 1.09. The molecule has 14 heavy (non-hydrogen) atoms. The first kappa shape index (κ1) is 11.5. The van der Waals surface area contributed by atoms with Crippen LogP contribution < -0.4 is 5.43 Å². The van der Waals surface area contributed by atoms with Crippen molar-refractivity contribution in [2.75, 3.05) is 12.3 Å². The van der Waals surface area contributed by atoms with E-state index in [-0.39, 0.29) is 28.3 Å². The smallest absolute Gasteiger partial charge is 0.328 e. The largest absolute Gasteiger partial charge is 0.394 e. The highest BCUT2D eigenvalue weighted by Gasteiger charge is 2.18. The average Bonchev–Trinajstić information content (AvgIpc) is 2.52. The van der Waals surface area contributed by atoms with E-state index in [2.05, 4.69) is 22.5 Å². The van der Waals surface area contributed by atoms with E-state index in [9.17, 15) is 9.59 Å². The predicted molar refractivity (Wildman–Crippen MR) is 58.7 cm³/mol. The molecule has 0 saturated carbocycles. The van der Waals surface area contributed by atoms with Crippen LogP contribution >= 0.6 is 23.6 Å². The molecule has 0 fully saturated rings. The van der Waals surface area contributed by atoms with E-state index in [1.807, 2.05) is 5.37 Å². The summed E-state index contributed by atoms with van der Waals surface area (Å²) >= 11 is 3.42. The van der Waals surface area contributed by atoms with Crippen LogP contribution in [0.25, 0.3) is 0 Å². The fraction of sp³-hybridized carbons (Fsp3) is 0.571. The Hall–Kier alpha value is -0.530. The number of amides is 1. The monoisotopic (exact) mass is 236 g/mol. The molecule has 1 aliphatic rings. The number of rotatable bonds is 3. The van der Waals surface area contributed by atoms with Gasteiger partial charge in [-0.1, -0.05) is 10.7 Å². The van der Waals surface area contributed by atoms with E-state index in [0.717, 1.165) is 13.0 Å². The van der Waals surface area contributed by atoms with Gasteiger partial charge in [0.05, 0.1) is 0 Å². The number of nitrogens with one attached hydrogen (secondary N) is 1. The lowest BCUT2D eigenvalue weighted by molar-refractivity contribution is -0.130. The highest BCUT2D eigenvalue weighted by Crippen LogP contribution is 2.23. The molecule has 1 aliphatic heterocycles. The summed E-state index contributed by atoms with van der Waals surface area (Å²) in [5.74, 6) is -0.272. The molecular weight excluding hydrogens is 224 g/mol. The van der Waals surface area contributed by atoms with Crippen LogP contribution in [-0.4, -0.2) is 34.0 Å². The molecule has 5 nitrogen and oxygen atoms in total. The molecule has 0 aliphatic carbocycles. The maximum Gasteiger partial charge on any atom is 0.328 e. The summed E-state index contributed by atoms with van der Waals surface area (Å²) in [6.45, 7) is 2.18. The molecule has 0 aromatic carbocycles. The lowest BCUT2D eigenvalue weighted by Crippen LogP contribution is -2.36. The number of carbonyl (C=O) groups is 2. The minimum absolute atomic E-state index is 0.128. The van der Waals surface area contributed by atoms with Crippen LogP contribution in [0.3, 0.4) is 0 Å². The van der Waals surface area contributed by atoms with Crippen molar-refractivity contribution < 1.29 is 13.8 Å². The van der Waals surface area contributed by atoms with Gasteiger partial charge in [0.15, 0.2) is 0 Å². The Balaban J connectivity index is 2.50. The maximum absolute atomic E-state index is 10.9. The first-order chi connectivity index (χ1) is 6.63. The zero-order chi connectivity index (χ0) is 10.6. The van der Waals surface area contributed by atoms with Gasteiger partial charge in [0.2, 0.25) is 5.91 Å². The van der Waals surface area contributed by atoms with E-state index in [4.69, 9.17) is 0 Å². The Bertz CT molecular complexity index is 280. The standard InChI is InChI=1S/C7H12N2O3S2/c1-6(10)8-9-3-2-4-14(9)5-7(11)12-13/h4,13H,2-3,5H2,1H3,(H,8,10). The summed E-state index contributed by atoms with van der Waals surface area (Å²) < 4.78 is 6.03. The van der Waals surface area contributed by atoms with Crippen molar-refractivity contribution in [3.05, 3.63) is 0 Å². The Morgan fingerprint density at radius 1 is 1.71 bits per heavy atom. The third kappa shape index (κ3) is 3.32. The molecule has 1 N–H and O–H groups in total. The van der Waals surface area contributed by atoms with Crippen LogP contribution in [0.4, 0.5) is 0 Å². The molecule has 0 aromatic heterocycles. The Morgan fingerprint density at radius 2 is 2.43 bits per heavy atom. The van der Waals surface area contributed by atoms with Gasteiger partial charge in [0, 0.05) is 26.4 Å². The third-order valence-electron chi connectivity index (χ3n) is 1.58. The molecule has 1 rings (SSSR count). The molecular formula is C7H12N2O3S2. The minimum atomic E-state index is -0.384. The topological polar surface area (TPSA) is 58.6 Å². The highest BCUT2D eigenvalue weighted by molar-refractivity contribution is 8.13. The number of thiol groups is 1. The maximum atomic E-state index is 10.9. The van der Waals surface area contributed by atoms with E-state index < -0.39 is 0 Å². The predicted octanol–water partition coefficient (Wildman–Crippen LogP) is 0.117. The van der Waals surface area contributed by atoms with Gasteiger partial charge < -0.3 is 4.18 Å². The summed E-state index contributed by atoms with van der Waals surface area (Å²) in [5, 5.41) is 2.00. The van der Waals surface area contributed by atoms with Crippen LogP contribution in [0.5, 0.6) is 0 Å². The zero-order valence-electron chi connectivity index (χ0n) is 7.73. The van der Waals surface area contributed by atoms with E-state index >= 15 is 0 Å². The quantitative estimate of drug-likeness (QED) is 0.415. The first-order valence-corrected chi connectivity index (χ1v) is 5.83. The van der Waals surface area contributed by atoms with E-state index in [0.29, 0.717) is 0 Å². The van der Waals surface area contributed by atoms with Crippen molar-refractivity contribution in [1.82, 2.24) is 9.84 Å². The number of hydrogen-bond donors (Lipinski definition) is 2. The van der Waals surface area contributed by atoms with Crippen LogP contribution in [-0.2, 0) is 13.8 Å². The second-order valence-corrected chi connectivity index (χ2v) is 4.78. The summed E-state index contributed by atoms with van der Waals surface area (Å²) in [7, 11) is -0.363. The third-order valence-corrected chi connectivity index (χ3v) is 3.77. The molecule has 0 saturated heterocycles. The zero-order valence-corrected chi connectivity index (χ0v) is 9.44. The van der Waals surface area contributed by atoms with Gasteiger partial charge in [0.25, 0.3) is 0 Å².